The first-order valence-electron chi connectivity index (χ1n) is 4.25. The molecule has 0 saturated heterocycles. The molecule has 1 unspecified atom stereocenters. The van der Waals surface area contributed by atoms with Crippen molar-refractivity contribution < 1.29 is 9.84 Å². The standard InChI is InChI=1S/C10H13ClO2/c1-3-13-10-6-8(11)4-5-9(10)7(2)12/h4-7,12H,3H2,1-2H3. The highest BCUT2D eigenvalue weighted by Gasteiger charge is 2.08. The molecule has 1 aromatic carbocycles. The third-order valence-corrected chi connectivity index (χ3v) is 1.96. The summed E-state index contributed by atoms with van der Waals surface area (Å²) >= 11 is 5.80. The normalized spacial score (nSPS) is 12.6. The van der Waals surface area contributed by atoms with Gasteiger partial charge in [-0.05, 0) is 26.0 Å². The van der Waals surface area contributed by atoms with Gasteiger partial charge in [0.25, 0.3) is 0 Å². The van der Waals surface area contributed by atoms with Crippen molar-refractivity contribution >= 4 is 11.6 Å². The smallest absolute Gasteiger partial charge is 0.126 e. The van der Waals surface area contributed by atoms with Gasteiger partial charge in [-0.15, -0.1) is 0 Å². The van der Waals surface area contributed by atoms with Crippen molar-refractivity contribution in [2.45, 2.75) is 20.0 Å². The van der Waals surface area contributed by atoms with Crippen molar-refractivity contribution in [3.63, 3.8) is 0 Å². The molecule has 0 heterocycles. The Hall–Kier alpha value is -0.730. The number of rotatable bonds is 3. The van der Waals surface area contributed by atoms with Gasteiger partial charge >= 0.3 is 0 Å². The van der Waals surface area contributed by atoms with Crippen molar-refractivity contribution in [3.05, 3.63) is 28.8 Å². The topological polar surface area (TPSA) is 29.5 Å². The molecule has 0 aliphatic rings. The van der Waals surface area contributed by atoms with E-state index in [1.807, 2.05) is 6.92 Å². The van der Waals surface area contributed by atoms with E-state index < -0.39 is 6.10 Å². The molecule has 0 aliphatic heterocycles. The maximum absolute atomic E-state index is 9.40. The number of benzene rings is 1. The Morgan fingerprint density at radius 1 is 1.54 bits per heavy atom. The summed E-state index contributed by atoms with van der Waals surface area (Å²) in [6.45, 7) is 4.17. The Labute approximate surface area is 83.1 Å². The van der Waals surface area contributed by atoms with Crippen LogP contribution in [0.15, 0.2) is 18.2 Å². The van der Waals surface area contributed by atoms with E-state index in [4.69, 9.17) is 16.3 Å². The fraction of sp³-hybridized carbons (Fsp3) is 0.400. The van der Waals surface area contributed by atoms with Crippen LogP contribution < -0.4 is 4.74 Å². The lowest BCUT2D eigenvalue weighted by atomic mass is 10.1. The summed E-state index contributed by atoms with van der Waals surface area (Å²) in [4.78, 5) is 0. The van der Waals surface area contributed by atoms with Gasteiger partial charge in [0.05, 0.1) is 12.7 Å². The third kappa shape index (κ3) is 2.61. The van der Waals surface area contributed by atoms with E-state index in [9.17, 15) is 5.11 Å². The molecule has 0 fully saturated rings. The Morgan fingerprint density at radius 3 is 2.77 bits per heavy atom. The van der Waals surface area contributed by atoms with Gasteiger partial charge < -0.3 is 9.84 Å². The van der Waals surface area contributed by atoms with Gasteiger partial charge in [-0.25, -0.2) is 0 Å². The molecule has 1 N–H and O–H groups in total. The highest BCUT2D eigenvalue weighted by atomic mass is 35.5. The van der Waals surface area contributed by atoms with Crippen LogP contribution in [0.2, 0.25) is 5.02 Å². The highest BCUT2D eigenvalue weighted by Crippen LogP contribution is 2.28. The summed E-state index contributed by atoms with van der Waals surface area (Å²) in [5.41, 5.74) is 0.770. The summed E-state index contributed by atoms with van der Waals surface area (Å²) in [6.07, 6.45) is -0.529. The van der Waals surface area contributed by atoms with Crippen molar-refractivity contribution in [1.29, 1.82) is 0 Å². The molecule has 0 saturated carbocycles. The van der Waals surface area contributed by atoms with Crippen LogP contribution in [0.1, 0.15) is 25.5 Å². The second-order valence-corrected chi connectivity index (χ2v) is 3.23. The van der Waals surface area contributed by atoms with Gasteiger partial charge in [0.1, 0.15) is 5.75 Å². The number of halogens is 1. The summed E-state index contributed by atoms with van der Waals surface area (Å²) in [5, 5.41) is 10.0. The van der Waals surface area contributed by atoms with Gasteiger partial charge in [-0.2, -0.15) is 0 Å². The number of aliphatic hydroxyl groups is 1. The maximum Gasteiger partial charge on any atom is 0.126 e. The molecule has 13 heavy (non-hydrogen) atoms. The molecular weight excluding hydrogens is 188 g/mol. The van der Waals surface area contributed by atoms with Crippen molar-refractivity contribution in [1.82, 2.24) is 0 Å². The van der Waals surface area contributed by atoms with E-state index in [2.05, 4.69) is 0 Å². The molecule has 1 rings (SSSR count). The average Bonchev–Trinajstić information content (AvgIpc) is 2.04. The van der Waals surface area contributed by atoms with Crippen LogP contribution >= 0.6 is 11.6 Å². The minimum atomic E-state index is -0.529. The number of aliphatic hydroxyl groups excluding tert-OH is 1. The summed E-state index contributed by atoms with van der Waals surface area (Å²) < 4.78 is 5.33. The molecule has 0 aliphatic carbocycles. The number of hydrogen-bond acceptors (Lipinski definition) is 2. The van der Waals surface area contributed by atoms with Crippen molar-refractivity contribution in [3.8, 4) is 5.75 Å². The van der Waals surface area contributed by atoms with Crippen LogP contribution in [-0.4, -0.2) is 11.7 Å². The van der Waals surface area contributed by atoms with Crippen molar-refractivity contribution in [2.24, 2.45) is 0 Å². The largest absolute Gasteiger partial charge is 0.493 e. The zero-order valence-corrected chi connectivity index (χ0v) is 8.51. The third-order valence-electron chi connectivity index (χ3n) is 1.73. The second kappa shape index (κ2) is 4.49. The van der Waals surface area contributed by atoms with E-state index in [0.29, 0.717) is 17.4 Å². The fourth-order valence-electron chi connectivity index (χ4n) is 1.13. The van der Waals surface area contributed by atoms with E-state index >= 15 is 0 Å². The first-order valence-corrected chi connectivity index (χ1v) is 4.63. The second-order valence-electron chi connectivity index (χ2n) is 2.79. The first kappa shape index (κ1) is 10.4. The molecule has 0 aromatic heterocycles. The Morgan fingerprint density at radius 2 is 2.23 bits per heavy atom. The summed E-state index contributed by atoms with van der Waals surface area (Å²) in [5.74, 6) is 0.657. The molecule has 0 amide bonds. The Balaban J connectivity index is 3.03. The van der Waals surface area contributed by atoms with E-state index in [1.54, 1.807) is 25.1 Å². The zero-order valence-electron chi connectivity index (χ0n) is 7.75. The van der Waals surface area contributed by atoms with Gasteiger partial charge in [0.2, 0.25) is 0 Å². The molecule has 2 nitrogen and oxygen atoms in total. The predicted octanol–water partition coefficient (Wildman–Crippen LogP) is 2.79. The average molecular weight is 201 g/mol. The fourth-order valence-corrected chi connectivity index (χ4v) is 1.30. The van der Waals surface area contributed by atoms with Crippen LogP contribution in [-0.2, 0) is 0 Å². The first-order chi connectivity index (χ1) is 6.15. The van der Waals surface area contributed by atoms with Crippen molar-refractivity contribution in [2.75, 3.05) is 6.61 Å². The Bertz CT molecular complexity index is 284. The van der Waals surface area contributed by atoms with Gasteiger partial charge in [0.15, 0.2) is 0 Å². The molecular formula is C10H13ClO2. The SMILES string of the molecule is CCOc1cc(Cl)ccc1C(C)O. The minimum Gasteiger partial charge on any atom is -0.493 e. The van der Waals surface area contributed by atoms with Crippen LogP contribution in [0.3, 0.4) is 0 Å². The maximum atomic E-state index is 9.40. The lowest BCUT2D eigenvalue weighted by molar-refractivity contribution is 0.192. The van der Waals surface area contributed by atoms with E-state index in [1.165, 1.54) is 0 Å². The van der Waals surface area contributed by atoms with E-state index in [0.717, 1.165) is 5.56 Å². The van der Waals surface area contributed by atoms with Crippen LogP contribution in [0.4, 0.5) is 0 Å². The van der Waals surface area contributed by atoms with Crippen LogP contribution in [0.5, 0.6) is 5.75 Å². The summed E-state index contributed by atoms with van der Waals surface area (Å²) in [6, 6.07) is 5.23. The summed E-state index contributed by atoms with van der Waals surface area (Å²) in [7, 11) is 0. The monoisotopic (exact) mass is 200 g/mol. The minimum absolute atomic E-state index is 0.529. The van der Waals surface area contributed by atoms with Crippen LogP contribution in [0.25, 0.3) is 0 Å². The molecule has 0 bridgehead atoms. The molecule has 0 radical (unpaired) electrons. The lowest BCUT2D eigenvalue weighted by Gasteiger charge is -2.12. The molecule has 1 atom stereocenters. The molecule has 72 valence electrons. The number of ether oxygens (including phenoxy) is 1. The zero-order chi connectivity index (χ0) is 9.84. The van der Waals surface area contributed by atoms with Gasteiger partial charge in [0, 0.05) is 10.6 Å². The molecule has 0 spiro atoms. The number of hydrogen-bond donors (Lipinski definition) is 1. The van der Waals surface area contributed by atoms with E-state index in [-0.39, 0.29) is 0 Å². The molecule has 3 heteroatoms. The Kier molecular flexibility index (Phi) is 3.58. The quantitative estimate of drug-likeness (QED) is 0.813. The predicted molar refractivity (Wildman–Crippen MR) is 53.3 cm³/mol. The van der Waals surface area contributed by atoms with Gasteiger partial charge in [-0.3, -0.25) is 0 Å². The van der Waals surface area contributed by atoms with Gasteiger partial charge in [-0.1, -0.05) is 17.7 Å². The highest BCUT2D eigenvalue weighted by molar-refractivity contribution is 6.30. The molecule has 1 aromatic rings. The lowest BCUT2D eigenvalue weighted by Crippen LogP contribution is -1.99. The van der Waals surface area contributed by atoms with Crippen LogP contribution in [0, 0.1) is 0 Å².